The summed E-state index contributed by atoms with van der Waals surface area (Å²) < 4.78 is 62.2. The highest BCUT2D eigenvalue weighted by Gasteiger charge is 2.30. The van der Waals surface area contributed by atoms with Crippen molar-refractivity contribution in [2.24, 2.45) is 0 Å². The van der Waals surface area contributed by atoms with Crippen molar-refractivity contribution in [2.75, 3.05) is 19.8 Å². The number of nitrogens with one attached hydrogen (secondary N) is 1. The molecule has 1 aromatic carbocycles. The standard InChI is InChI=1S/C20H17Cl3F4N2O3/c21-13-9-17(14(24)10-16(13)32-8-5-18(22)23)31-7-2-1-6-28-19(30)15-4-3-12(11-29-15)20(25,26)27/h3-5,9-11H,1-2,6-8H2,(H,28,30). The molecule has 1 amide bonds. The van der Waals surface area contributed by atoms with Gasteiger partial charge < -0.3 is 14.8 Å². The number of ether oxygens (including phenoxy) is 2. The number of hydrogen-bond acceptors (Lipinski definition) is 4. The Balaban J connectivity index is 1.73. The van der Waals surface area contributed by atoms with E-state index in [0.717, 1.165) is 18.2 Å². The number of carbonyl (C=O) groups is 1. The second kappa shape index (κ2) is 12.1. The minimum Gasteiger partial charge on any atom is -0.490 e. The van der Waals surface area contributed by atoms with Gasteiger partial charge in [-0.1, -0.05) is 34.8 Å². The highest BCUT2D eigenvalue weighted by atomic mass is 35.5. The van der Waals surface area contributed by atoms with Crippen LogP contribution >= 0.6 is 34.8 Å². The van der Waals surface area contributed by atoms with Gasteiger partial charge >= 0.3 is 6.18 Å². The first-order valence-electron chi connectivity index (χ1n) is 9.15. The van der Waals surface area contributed by atoms with Crippen molar-refractivity contribution >= 4 is 40.7 Å². The third-order valence-corrected chi connectivity index (χ3v) is 4.50. The van der Waals surface area contributed by atoms with Gasteiger partial charge in [0.05, 0.1) is 17.2 Å². The maximum atomic E-state index is 14.1. The predicted molar refractivity (Wildman–Crippen MR) is 113 cm³/mol. The third-order valence-electron chi connectivity index (χ3n) is 3.90. The van der Waals surface area contributed by atoms with Crippen molar-refractivity contribution in [1.82, 2.24) is 10.3 Å². The number of halogens is 7. The van der Waals surface area contributed by atoms with Crippen molar-refractivity contribution in [2.45, 2.75) is 19.0 Å². The van der Waals surface area contributed by atoms with E-state index in [1.54, 1.807) is 0 Å². The Morgan fingerprint density at radius 1 is 1.12 bits per heavy atom. The van der Waals surface area contributed by atoms with Crippen molar-refractivity contribution in [3.63, 3.8) is 0 Å². The van der Waals surface area contributed by atoms with E-state index in [9.17, 15) is 22.4 Å². The first-order chi connectivity index (χ1) is 15.1. The van der Waals surface area contributed by atoms with E-state index < -0.39 is 23.5 Å². The molecule has 174 valence electrons. The van der Waals surface area contributed by atoms with Crippen LogP contribution in [-0.2, 0) is 6.18 Å². The second-order valence-corrected chi connectivity index (χ2v) is 7.67. The Labute approximate surface area is 196 Å². The molecule has 0 fully saturated rings. The van der Waals surface area contributed by atoms with Crippen molar-refractivity contribution < 1.29 is 31.8 Å². The predicted octanol–water partition coefficient (Wildman–Crippen LogP) is 6.18. The van der Waals surface area contributed by atoms with E-state index in [1.165, 1.54) is 12.1 Å². The van der Waals surface area contributed by atoms with Crippen molar-refractivity contribution in [1.29, 1.82) is 0 Å². The SMILES string of the molecule is O=C(NCCCCOc1cc(Cl)c(OCC=C(Cl)Cl)cc1F)c1ccc(C(F)(F)F)cn1. The van der Waals surface area contributed by atoms with E-state index >= 15 is 0 Å². The molecule has 0 aliphatic heterocycles. The summed E-state index contributed by atoms with van der Waals surface area (Å²) in [4.78, 5) is 15.4. The quantitative estimate of drug-likeness (QED) is 0.303. The fourth-order valence-corrected chi connectivity index (χ4v) is 2.66. The normalized spacial score (nSPS) is 11.1. The first-order valence-corrected chi connectivity index (χ1v) is 10.3. The van der Waals surface area contributed by atoms with E-state index in [1.807, 2.05) is 0 Å². The van der Waals surface area contributed by atoms with Crippen LogP contribution in [-0.4, -0.2) is 30.6 Å². The van der Waals surface area contributed by atoms with Crippen LogP contribution < -0.4 is 14.8 Å². The molecular formula is C20H17Cl3F4N2O3. The van der Waals surface area contributed by atoms with Gasteiger partial charge in [-0.15, -0.1) is 0 Å². The lowest BCUT2D eigenvalue weighted by Crippen LogP contribution is -2.25. The smallest absolute Gasteiger partial charge is 0.417 e. The number of pyridine rings is 1. The molecule has 5 nitrogen and oxygen atoms in total. The number of aromatic nitrogens is 1. The number of carbonyl (C=O) groups excluding carboxylic acids is 1. The maximum Gasteiger partial charge on any atom is 0.417 e. The molecule has 32 heavy (non-hydrogen) atoms. The maximum absolute atomic E-state index is 14.1. The minimum absolute atomic E-state index is 0.00774. The molecule has 12 heteroatoms. The lowest BCUT2D eigenvalue weighted by atomic mass is 10.2. The van der Waals surface area contributed by atoms with Crippen LogP contribution in [0.25, 0.3) is 0 Å². The molecule has 0 saturated heterocycles. The molecule has 0 radical (unpaired) electrons. The second-order valence-electron chi connectivity index (χ2n) is 6.26. The molecule has 0 aliphatic carbocycles. The lowest BCUT2D eigenvalue weighted by molar-refractivity contribution is -0.137. The number of nitrogens with zero attached hydrogens (tertiary/aromatic N) is 1. The summed E-state index contributed by atoms with van der Waals surface area (Å²) in [5, 5.41) is 2.67. The molecule has 1 N–H and O–H groups in total. The van der Waals surface area contributed by atoms with Gasteiger partial charge in [-0.25, -0.2) is 4.39 Å². The summed E-state index contributed by atoms with van der Waals surface area (Å²) in [6.07, 6.45) is -1.60. The zero-order valence-corrected chi connectivity index (χ0v) is 18.6. The third kappa shape index (κ3) is 8.37. The molecule has 0 unspecified atom stereocenters. The Morgan fingerprint density at radius 3 is 2.50 bits per heavy atom. The largest absolute Gasteiger partial charge is 0.490 e. The van der Waals surface area contributed by atoms with Crippen LogP contribution in [0.5, 0.6) is 11.5 Å². The fraction of sp³-hybridized carbons (Fsp3) is 0.300. The number of amides is 1. The monoisotopic (exact) mass is 514 g/mol. The lowest BCUT2D eigenvalue weighted by Gasteiger charge is -2.11. The van der Waals surface area contributed by atoms with Gasteiger partial charge in [0.25, 0.3) is 5.91 Å². The van der Waals surface area contributed by atoms with Gasteiger partial charge in [-0.05, 0) is 31.1 Å². The Hall–Kier alpha value is -2.23. The summed E-state index contributed by atoms with van der Waals surface area (Å²) in [6.45, 7) is 0.388. The van der Waals surface area contributed by atoms with E-state index in [2.05, 4.69) is 10.3 Å². The molecule has 1 aromatic heterocycles. The fourth-order valence-electron chi connectivity index (χ4n) is 2.32. The van der Waals surface area contributed by atoms with Gasteiger partial charge in [0.2, 0.25) is 0 Å². The van der Waals surface area contributed by atoms with Crippen LogP contribution in [0.4, 0.5) is 17.6 Å². The highest BCUT2D eigenvalue weighted by Crippen LogP contribution is 2.32. The molecule has 1 heterocycles. The molecule has 2 rings (SSSR count). The summed E-state index contributed by atoms with van der Waals surface area (Å²) in [6, 6.07) is 4.14. The molecule has 0 spiro atoms. The number of unbranched alkanes of at least 4 members (excludes halogenated alkanes) is 1. The first kappa shape index (κ1) is 26.0. The van der Waals surface area contributed by atoms with E-state index in [4.69, 9.17) is 44.3 Å². The molecule has 0 bridgehead atoms. The molecule has 2 aromatic rings. The number of hydrogen-bond donors (Lipinski definition) is 1. The zero-order chi connectivity index (χ0) is 23.7. The minimum atomic E-state index is -4.52. The average molecular weight is 516 g/mol. The zero-order valence-electron chi connectivity index (χ0n) is 16.3. The van der Waals surface area contributed by atoms with Gasteiger partial charge in [-0.3, -0.25) is 9.78 Å². The summed E-state index contributed by atoms with van der Waals surface area (Å²) in [5.74, 6) is -1.24. The van der Waals surface area contributed by atoms with E-state index in [-0.39, 0.29) is 46.5 Å². The van der Waals surface area contributed by atoms with Crippen LogP contribution in [0.3, 0.4) is 0 Å². The number of alkyl halides is 3. The van der Waals surface area contributed by atoms with Crippen LogP contribution in [0, 0.1) is 5.82 Å². The van der Waals surface area contributed by atoms with Crippen LogP contribution in [0.2, 0.25) is 5.02 Å². The Morgan fingerprint density at radius 2 is 1.88 bits per heavy atom. The molecule has 0 aliphatic rings. The summed E-state index contributed by atoms with van der Waals surface area (Å²) in [7, 11) is 0. The summed E-state index contributed by atoms with van der Waals surface area (Å²) >= 11 is 16.9. The van der Waals surface area contributed by atoms with E-state index in [0.29, 0.717) is 19.0 Å². The van der Waals surface area contributed by atoms with Crippen LogP contribution in [0.15, 0.2) is 41.0 Å². The molecule has 0 saturated carbocycles. The van der Waals surface area contributed by atoms with Gasteiger partial charge in [0.15, 0.2) is 11.6 Å². The molecule has 0 atom stereocenters. The van der Waals surface area contributed by atoms with Crippen molar-refractivity contribution in [3.8, 4) is 11.5 Å². The Bertz CT molecular complexity index is 950. The van der Waals surface area contributed by atoms with Crippen molar-refractivity contribution in [3.05, 3.63) is 63.1 Å². The Kier molecular flexibility index (Phi) is 9.86. The van der Waals surface area contributed by atoms with Gasteiger partial charge in [-0.2, -0.15) is 13.2 Å². The topological polar surface area (TPSA) is 60.5 Å². The average Bonchev–Trinajstić information content (AvgIpc) is 2.72. The van der Waals surface area contributed by atoms with Gasteiger partial charge in [0, 0.05) is 24.9 Å². The van der Waals surface area contributed by atoms with Crippen LogP contribution in [0.1, 0.15) is 28.9 Å². The molecular weight excluding hydrogens is 499 g/mol. The van der Waals surface area contributed by atoms with Gasteiger partial charge in [0.1, 0.15) is 22.5 Å². The summed E-state index contributed by atoms with van der Waals surface area (Å²) in [5.41, 5.74) is -1.06. The highest BCUT2D eigenvalue weighted by molar-refractivity contribution is 6.55. The number of rotatable bonds is 10. The number of benzene rings is 1.